The zero-order chi connectivity index (χ0) is 37.7. The van der Waals surface area contributed by atoms with Crippen molar-refractivity contribution in [2.45, 2.75) is 124 Å². The van der Waals surface area contributed by atoms with E-state index in [0.29, 0.717) is 55.5 Å². The standard InChI is InChI=1S/C43H66N2O6S/c1-28(2)30-12-19-43(44-22-23-45-24-26-52(50,51)27-25-45)21-20-40(6)32(35(30)43)8-9-34-39(5)15-13-31(38(3,4)33(39)14-16-41(34,40)7)29-10-17-42(18-11-29,36(46)47)37(48)49/h13,15,30,32-35,44H,1,8-12,14,16-27H2,2-7H3,(H,46,47)(H,48,49). The fourth-order valence-electron chi connectivity index (χ4n) is 14.6. The first-order chi connectivity index (χ1) is 24.3. The second kappa shape index (κ2) is 12.8. The van der Waals surface area contributed by atoms with E-state index >= 15 is 0 Å². The van der Waals surface area contributed by atoms with E-state index in [0.717, 1.165) is 19.5 Å². The summed E-state index contributed by atoms with van der Waals surface area (Å²) in [4.78, 5) is 26.5. The highest BCUT2D eigenvalue weighted by Crippen LogP contribution is 2.76. The Morgan fingerprint density at radius 2 is 1.52 bits per heavy atom. The lowest BCUT2D eigenvalue weighted by Gasteiger charge is -2.72. The molecule has 7 aliphatic rings. The van der Waals surface area contributed by atoms with Gasteiger partial charge in [-0.3, -0.25) is 9.59 Å². The van der Waals surface area contributed by atoms with Crippen LogP contribution in [0.3, 0.4) is 0 Å². The number of carboxylic acid groups (broad SMARTS) is 2. The molecule has 0 spiro atoms. The van der Waals surface area contributed by atoms with Gasteiger partial charge in [0, 0.05) is 31.7 Å². The van der Waals surface area contributed by atoms with E-state index in [1.165, 1.54) is 61.7 Å². The molecule has 1 aliphatic heterocycles. The molecule has 9 heteroatoms. The van der Waals surface area contributed by atoms with Crippen LogP contribution in [0.25, 0.3) is 0 Å². The van der Waals surface area contributed by atoms with E-state index in [1.807, 2.05) is 0 Å². The van der Waals surface area contributed by atoms with Gasteiger partial charge in [0.1, 0.15) is 0 Å². The van der Waals surface area contributed by atoms with Gasteiger partial charge < -0.3 is 20.4 Å². The van der Waals surface area contributed by atoms with Crippen molar-refractivity contribution in [1.82, 2.24) is 10.2 Å². The fraction of sp³-hybridized carbons (Fsp3) is 0.814. The van der Waals surface area contributed by atoms with Gasteiger partial charge in [-0.25, -0.2) is 8.42 Å². The van der Waals surface area contributed by atoms with Crippen molar-refractivity contribution >= 4 is 21.8 Å². The molecule has 3 N–H and O–H groups in total. The molecule has 290 valence electrons. The van der Waals surface area contributed by atoms with Crippen LogP contribution >= 0.6 is 0 Å². The Balaban J connectivity index is 1.14. The number of hydrogen-bond acceptors (Lipinski definition) is 6. The number of sulfone groups is 1. The summed E-state index contributed by atoms with van der Waals surface area (Å²) in [6.07, 6.45) is 16.0. The van der Waals surface area contributed by atoms with E-state index in [4.69, 9.17) is 0 Å². The second-order valence-corrected chi connectivity index (χ2v) is 22.2. The first kappa shape index (κ1) is 38.3. The molecular formula is C43H66N2O6S. The topological polar surface area (TPSA) is 124 Å². The first-order valence-electron chi connectivity index (χ1n) is 20.5. The fourth-order valence-corrected chi connectivity index (χ4v) is 15.8. The maximum atomic E-state index is 12.1. The molecule has 1 heterocycles. The zero-order valence-corrected chi connectivity index (χ0v) is 33.7. The molecule has 0 radical (unpaired) electrons. The lowest BCUT2D eigenvalue weighted by Crippen LogP contribution is -2.68. The molecule has 7 rings (SSSR count). The third kappa shape index (κ3) is 5.58. The summed E-state index contributed by atoms with van der Waals surface area (Å²) in [5.41, 5.74) is 2.77. The van der Waals surface area contributed by atoms with Gasteiger partial charge in [-0.1, -0.05) is 64.5 Å². The number of carboxylic acids is 2. The highest BCUT2D eigenvalue weighted by molar-refractivity contribution is 7.91. The van der Waals surface area contributed by atoms with Gasteiger partial charge in [0.15, 0.2) is 15.3 Å². The van der Waals surface area contributed by atoms with Crippen LogP contribution in [0.15, 0.2) is 35.5 Å². The quantitative estimate of drug-likeness (QED) is 0.181. The Morgan fingerprint density at radius 3 is 2.13 bits per heavy atom. The van der Waals surface area contributed by atoms with Gasteiger partial charge in [-0.15, -0.1) is 0 Å². The zero-order valence-electron chi connectivity index (χ0n) is 32.9. The van der Waals surface area contributed by atoms with Gasteiger partial charge in [0.2, 0.25) is 0 Å². The maximum absolute atomic E-state index is 12.1. The second-order valence-electron chi connectivity index (χ2n) is 19.9. The molecule has 6 fully saturated rings. The average Bonchev–Trinajstić information content (AvgIpc) is 3.45. The van der Waals surface area contributed by atoms with Gasteiger partial charge in [-0.2, -0.15) is 0 Å². The summed E-state index contributed by atoms with van der Waals surface area (Å²) in [6.45, 7) is 22.7. The summed E-state index contributed by atoms with van der Waals surface area (Å²) in [5, 5.41) is 23.9. The Labute approximate surface area is 313 Å². The average molecular weight is 739 g/mol. The number of nitrogens with zero attached hydrogens (tertiary/aromatic N) is 1. The smallest absolute Gasteiger partial charge is 0.321 e. The molecule has 0 aromatic heterocycles. The van der Waals surface area contributed by atoms with E-state index in [-0.39, 0.29) is 51.5 Å². The molecule has 0 aromatic carbocycles. The Morgan fingerprint density at radius 1 is 0.865 bits per heavy atom. The molecule has 0 amide bonds. The maximum Gasteiger partial charge on any atom is 0.321 e. The van der Waals surface area contributed by atoms with Crippen molar-refractivity contribution in [2.75, 3.05) is 37.7 Å². The van der Waals surface area contributed by atoms with Gasteiger partial charge in [0.05, 0.1) is 11.5 Å². The van der Waals surface area contributed by atoms with Gasteiger partial charge in [0.25, 0.3) is 0 Å². The molecule has 0 aromatic rings. The van der Waals surface area contributed by atoms with Crippen LogP contribution in [0.4, 0.5) is 0 Å². The predicted molar refractivity (Wildman–Crippen MR) is 205 cm³/mol. The van der Waals surface area contributed by atoms with Crippen molar-refractivity contribution < 1.29 is 28.2 Å². The Kier molecular flexibility index (Phi) is 9.42. The summed E-state index contributed by atoms with van der Waals surface area (Å²) in [7, 11) is -2.88. The monoisotopic (exact) mass is 738 g/mol. The number of fused-ring (bicyclic) bond motifs is 7. The Hall–Kier alpha value is -1.97. The van der Waals surface area contributed by atoms with E-state index in [9.17, 15) is 28.2 Å². The van der Waals surface area contributed by atoms with Crippen LogP contribution < -0.4 is 5.32 Å². The first-order valence-corrected chi connectivity index (χ1v) is 22.3. The van der Waals surface area contributed by atoms with Crippen molar-refractivity contribution in [2.24, 2.45) is 56.7 Å². The van der Waals surface area contributed by atoms with Crippen molar-refractivity contribution in [1.29, 1.82) is 0 Å². The summed E-state index contributed by atoms with van der Waals surface area (Å²) in [6, 6.07) is 0. The SMILES string of the molecule is C=C(C)C1CCC2(NCCN3CCS(=O)(=O)CC3)CCC3(C)C(CCC4C5(C)C=CC(=C6CCC(C(=O)O)(C(=O)O)CC6)C(C)(C)C5CCC43C)C12. The lowest BCUT2D eigenvalue weighted by atomic mass is 9.33. The molecule has 9 atom stereocenters. The number of allylic oxidation sites excluding steroid dienone is 5. The lowest BCUT2D eigenvalue weighted by molar-refractivity contribution is -0.209. The highest BCUT2D eigenvalue weighted by atomic mass is 32.2. The summed E-state index contributed by atoms with van der Waals surface area (Å²) >= 11 is 0. The molecule has 52 heavy (non-hydrogen) atoms. The number of nitrogens with one attached hydrogen (secondary N) is 1. The van der Waals surface area contributed by atoms with E-state index in [2.05, 4.69) is 70.5 Å². The third-order valence-electron chi connectivity index (χ3n) is 17.7. The minimum Gasteiger partial charge on any atom is -0.480 e. The van der Waals surface area contributed by atoms with Crippen molar-refractivity contribution in [3.63, 3.8) is 0 Å². The number of hydrogen-bond donors (Lipinski definition) is 3. The predicted octanol–water partition coefficient (Wildman–Crippen LogP) is 7.52. The largest absolute Gasteiger partial charge is 0.480 e. The minimum absolute atomic E-state index is 0.0488. The molecule has 0 bridgehead atoms. The van der Waals surface area contributed by atoms with E-state index in [1.54, 1.807) is 0 Å². The van der Waals surface area contributed by atoms with Crippen LogP contribution in [0.5, 0.6) is 0 Å². The number of carbonyl (C=O) groups is 2. The molecule has 6 aliphatic carbocycles. The molecule has 1 saturated heterocycles. The molecular weight excluding hydrogens is 673 g/mol. The van der Waals surface area contributed by atoms with Crippen LogP contribution in [0, 0.1) is 56.7 Å². The third-order valence-corrected chi connectivity index (χ3v) is 19.3. The van der Waals surface area contributed by atoms with Gasteiger partial charge >= 0.3 is 11.9 Å². The molecule has 9 unspecified atom stereocenters. The number of rotatable bonds is 7. The highest BCUT2D eigenvalue weighted by Gasteiger charge is 2.70. The van der Waals surface area contributed by atoms with E-state index < -0.39 is 27.2 Å². The van der Waals surface area contributed by atoms with Crippen LogP contribution in [0.1, 0.15) is 119 Å². The normalized spacial score (nSPS) is 43.5. The van der Waals surface area contributed by atoms with Crippen LogP contribution in [0.2, 0.25) is 0 Å². The van der Waals surface area contributed by atoms with Crippen LogP contribution in [-0.2, 0) is 19.4 Å². The van der Waals surface area contributed by atoms with Crippen molar-refractivity contribution in [3.05, 3.63) is 35.5 Å². The molecule has 8 nitrogen and oxygen atoms in total. The van der Waals surface area contributed by atoms with Crippen molar-refractivity contribution in [3.8, 4) is 0 Å². The van der Waals surface area contributed by atoms with Crippen LogP contribution in [-0.4, -0.2) is 78.7 Å². The minimum atomic E-state index is -2.88. The molecule has 5 saturated carbocycles. The number of aliphatic carboxylic acids is 2. The Bertz CT molecular complexity index is 1640. The van der Waals surface area contributed by atoms with Gasteiger partial charge in [-0.05, 0) is 141 Å². The summed E-state index contributed by atoms with van der Waals surface area (Å²) in [5.74, 6) is 0.927. The summed E-state index contributed by atoms with van der Waals surface area (Å²) < 4.78 is 24.1.